The first-order valence-corrected chi connectivity index (χ1v) is 17.3. The fraction of sp³-hybridized carbons (Fsp3) is 0.212. The molecule has 0 radical (unpaired) electrons. The number of anilines is 2. The summed E-state index contributed by atoms with van der Waals surface area (Å²) in [5.74, 6) is 0.548. The van der Waals surface area contributed by atoms with Gasteiger partial charge in [0.05, 0.1) is 33.4 Å². The van der Waals surface area contributed by atoms with E-state index in [4.69, 9.17) is 25.7 Å². The van der Waals surface area contributed by atoms with E-state index in [1.54, 1.807) is 19.3 Å². The fourth-order valence-corrected chi connectivity index (χ4v) is 5.99. The van der Waals surface area contributed by atoms with Gasteiger partial charge >= 0.3 is 12.0 Å². The van der Waals surface area contributed by atoms with Gasteiger partial charge in [-0.3, -0.25) is 9.13 Å². The third-order valence-electron chi connectivity index (χ3n) is 6.87. The second-order valence-corrected chi connectivity index (χ2v) is 12.9. The average molecular weight is 859 g/mol. The second kappa shape index (κ2) is 16.7. The highest BCUT2D eigenvalue weighted by molar-refractivity contribution is 9.11. The minimum atomic E-state index is 0. The van der Waals surface area contributed by atoms with Crippen molar-refractivity contribution in [3.8, 4) is 18.0 Å². The number of imidazole rings is 2. The second-order valence-electron chi connectivity index (χ2n) is 10.4. The first kappa shape index (κ1) is 35.8. The summed E-state index contributed by atoms with van der Waals surface area (Å²) >= 11 is 10.4. The number of hydrogen-bond donors (Lipinski definition) is 2. The molecular weight excluding hydrogens is 824 g/mol. The predicted octanol–water partition coefficient (Wildman–Crippen LogP) is 7.37. The maximum Gasteiger partial charge on any atom is 0.320 e. The molecule has 0 bridgehead atoms. The number of nitrogens with two attached hydrogens (primary N) is 2. The van der Waals surface area contributed by atoms with Crippen LogP contribution in [0.1, 0.15) is 25.4 Å². The lowest BCUT2D eigenvalue weighted by Crippen LogP contribution is -2.06. The number of nitrogens with zero attached hydrogens (tertiary/aromatic N) is 8. The molecule has 256 valence electrons. The Bertz CT molecular complexity index is 2110. The highest BCUT2D eigenvalue weighted by Crippen LogP contribution is 2.28. The van der Waals surface area contributed by atoms with Crippen LogP contribution < -0.4 is 25.7 Å². The molecule has 49 heavy (non-hydrogen) atoms. The van der Waals surface area contributed by atoms with Crippen LogP contribution >= 0.6 is 47.8 Å². The van der Waals surface area contributed by atoms with Crippen molar-refractivity contribution in [1.29, 1.82) is 0 Å². The van der Waals surface area contributed by atoms with E-state index in [1.807, 2.05) is 57.7 Å². The summed E-state index contributed by atoms with van der Waals surface area (Å²) in [6, 6.07) is 16.9. The maximum atomic E-state index is 6.03. The topological polar surface area (TPSA) is 167 Å². The minimum Gasteiger partial charge on any atom is -0.468 e. The lowest BCUT2D eigenvalue weighted by Gasteiger charge is -2.09. The van der Waals surface area contributed by atoms with Gasteiger partial charge in [0.15, 0.2) is 38.7 Å². The van der Waals surface area contributed by atoms with Gasteiger partial charge in [-0.25, -0.2) is 4.98 Å². The minimum absolute atomic E-state index is 0. The Morgan fingerprint density at radius 2 is 1.20 bits per heavy atom. The zero-order valence-electron chi connectivity index (χ0n) is 26.5. The Balaban J connectivity index is 0.000000220. The van der Waals surface area contributed by atoms with E-state index in [9.17, 15) is 0 Å². The zero-order valence-corrected chi connectivity index (χ0v) is 31.3. The van der Waals surface area contributed by atoms with Crippen molar-refractivity contribution in [1.82, 2.24) is 39.0 Å². The van der Waals surface area contributed by atoms with Crippen LogP contribution in [-0.4, -0.2) is 59.4 Å². The zero-order chi connectivity index (χ0) is 34.9. The normalized spacial score (nSPS) is 10.9. The van der Waals surface area contributed by atoms with Crippen molar-refractivity contribution in [2.75, 3.05) is 31.8 Å². The molecular formula is C33H35Br3N10O3. The van der Waals surface area contributed by atoms with Crippen molar-refractivity contribution < 1.29 is 15.6 Å². The lowest BCUT2D eigenvalue weighted by molar-refractivity contribution is 0.300. The van der Waals surface area contributed by atoms with Crippen LogP contribution in [0.4, 0.5) is 11.6 Å². The number of halogens is 3. The average Bonchev–Trinajstić information content (AvgIpc) is 3.59. The van der Waals surface area contributed by atoms with Crippen LogP contribution in [0.3, 0.4) is 0 Å². The van der Waals surface area contributed by atoms with E-state index in [1.165, 1.54) is 0 Å². The van der Waals surface area contributed by atoms with Crippen LogP contribution in [0.15, 0.2) is 87.5 Å². The molecule has 16 heteroatoms. The van der Waals surface area contributed by atoms with Gasteiger partial charge in [0.1, 0.15) is 0 Å². The molecule has 4 heterocycles. The third kappa shape index (κ3) is 8.93. The van der Waals surface area contributed by atoms with Crippen LogP contribution in [0.5, 0.6) is 18.0 Å². The van der Waals surface area contributed by atoms with Gasteiger partial charge in [-0.15, -0.1) is 13.2 Å². The summed E-state index contributed by atoms with van der Waals surface area (Å²) in [5.41, 5.74) is 16.4. The molecule has 0 atom stereocenters. The summed E-state index contributed by atoms with van der Waals surface area (Å²) in [6.07, 6.45) is 4.95. The van der Waals surface area contributed by atoms with Crippen molar-refractivity contribution in [2.45, 2.75) is 25.9 Å². The number of aromatic nitrogens is 8. The summed E-state index contributed by atoms with van der Waals surface area (Å²) in [5, 5.41) is 0. The van der Waals surface area contributed by atoms with Crippen molar-refractivity contribution in [3.05, 3.63) is 98.6 Å². The molecule has 13 nitrogen and oxygen atoms in total. The number of nitrogen functional groups attached to an aromatic ring is 2. The van der Waals surface area contributed by atoms with Gasteiger partial charge in [0, 0.05) is 10.4 Å². The number of methoxy groups -OCH3 is 1. The fourth-order valence-electron chi connectivity index (χ4n) is 4.63. The number of rotatable bonds is 13. The van der Waals surface area contributed by atoms with Crippen LogP contribution in [0.25, 0.3) is 22.3 Å². The Kier molecular flexibility index (Phi) is 12.2. The predicted molar refractivity (Wildman–Crippen MR) is 203 cm³/mol. The number of ether oxygens (including phenoxy) is 3. The van der Waals surface area contributed by atoms with E-state index >= 15 is 0 Å². The van der Waals surface area contributed by atoms with Crippen molar-refractivity contribution in [2.24, 2.45) is 0 Å². The summed E-state index contributed by atoms with van der Waals surface area (Å²) in [4.78, 5) is 26.0. The monoisotopic (exact) mass is 856 g/mol. The molecule has 6 rings (SSSR count). The maximum absolute atomic E-state index is 6.03. The van der Waals surface area contributed by atoms with E-state index < -0.39 is 0 Å². The highest BCUT2D eigenvalue weighted by Gasteiger charge is 2.19. The summed E-state index contributed by atoms with van der Waals surface area (Å²) in [7, 11) is 1.56. The highest BCUT2D eigenvalue weighted by atomic mass is 79.9. The number of hydrogen-bond acceptors (Lipinski definition) is 11. The Labute approximate surface area is 309 Å². The number of fused-ring (bicyclic) bond motifs is 2. The van der Waals surface area contributed by atoms with E-state index in [0.717, 1.165) is 20.1 Å². The van der Waals surface area contributed by atoms with Crippen molar-refractivity contribution in [3.63, 3.8) is 0 Å². The molecule has 4 aromatic heterocycles. The molecule has 0 aliphatic rings. The van der Waals surface area contributed by atoms with Crippen LogP contribution in [0, 0.1) is 0 Å². The molecule has 0 saturated carbocycles. The van der Waals surface area contributed by atoms with Crippen LogP contribution in [-0.2, 0) is 13.1 Å². The lowest BCUT2D eigenvalue weighted by atomic mass is 10.2. The molecule has 0 saturated heterocycles. The van der Waals surface area contributed by atoms with E-state index in [2.05, 4.69) is 90.9 Å². The van der Waals surface area contributed by atoms with Crippen molar-refractivity contribution >= 4 is 81.8 Å². The first-order chi connectivity index (χ1) is 23.7. The van der Waals surface area contributed by atoms with Gasteiger partial charge in [-0.1, -0.05) is 68.3 Å². The Hall–Kier alpha value is -4.54. The van der Waals surface area contributed by atoms with Crippen LogP contribution in [0.2, 0.25) is 0 Å². The Morgan fingerprint density at radius 3 is 1.69 bits per heavy atom. The van der Waals surface area contributed by atoms with E-state index in [-0.39, 0.29) is 19.3 Å². The van der Waals surface area contributed by atoms with Gasteiger partial charge < -0.3 is 25.7 Å². The summed E-state index contributed by atoms with van der Waals surface area (Å²) in [6.45, 7) is 9.34. The summed E-state index contributed by atoms with van der Waals surface area (Å²) < 4.78 is 22.9. The standard InChI is InChI=1S/C17H18BrN5O2.C16H15Br2N5O.H2/c1-3-4-8-25-16-21-14(19)13-15(22-16)23(17(20-13)24-2)10-11-6-5-7-12(18)9-11;1-2-3-7-24-16-21-13(19)12-14(22-16)23(15(18)20-12)9-10-5-4-6-11(17)8-10;/h3,5-7,9H,1,4,8,10H2,2H3,(H2,19,21,22);2,4-6,8H,1,3,7,9H2,(H2,19,21,22);1H. The molecule has 0 aliphatic carbocycles. The van der Waals surface area contributed by atoms with Gasteiger partial charge in [0.2, 0.25) is 0 Å². The molecule has 4 N–H and O–H groups in total. The first-order valence-electron chi connectivity index (χ1n) is 14.9. The third-order valence-corrected chi connectivity index (χ3v) is 8.46. The molecule has 0 fully saturated rings. The molecule has 2 aromatic carbocycles. The molecule has 0 unspecified atom stereocenters. The SMILES string of the molecule is C=CCCOc1nc(N)c2nc(Br)n(Cc3cccc(Br)c3)c2n1.C=CCCOc1nc(N)c2nc(OC)n(Cc3cccc(Br)c3)c2n1.[HH]. The molecule has 0 spiro atoms. The smallest absolute Gasteiger partial charge is 0.320 e. The van der Waals surface area contributed by atoms with Gasteiger partial charge in [-0.05, 0) is 64.2 Å². The van der Waals surface area contributed by atoms with Gasteiger partial charge in [-0.2, -0.15) is 24.9 Å². The van der Waals surface area contributed by atoms with E-state index in [0.29, 0.717) is 78.0 Å². The molecule has 6 aromatic rings. The largest absolute Gasteiger partial charge is 0.468 e. The van der Waals surface area contributed by atoms with Gasteiger partial charge in [0.25, 0.3) is 6.01 Å². The number of benzene rings is 2. The Morgan fingerprint density at radius 1 is 0.714 bits per heavy atom. The molecule has 0 amide bonds. The molecule has 0 aliphatic heterocycles. The quantitative estimate of drug-likeness (QED) is 0.0677.